The van der Waals surface area contributed by atoms with Gasteiger partial charge in [-0.25, -0.2) is 4.68 Å². The van der Waals surface area contributed by atoms with E-state index in [9.17, 15) is 18.0 Å². The second kappa shape index (κ2) is 8.57. The number of ether oxygens (including phenoxy) is 1. The van der Waals surface area contributed by atoms with E-state index in [1.165, 1.54) is 19.2 Å². The minimum atomic E-state index is -4.70. The third-order valence-corrected chi connectivity index (χ3v) is 4.51. The molecule has 3 aromatic rings. The van der Waals surface area contributed by atoms with E-state index in [0.717, 1.165) is 10.2 Å². The molecule has 3 rings (SSSR count). The van der Waals surface area contributed by atoms with Crippen molar-refractivity contribution in [1.29, 1.82) is 0 Å². The van der Waals surface area contributed by atoms with Crippen LogP contribution in [0.5, 0.6) is 5.75 Å². The predicted octanol–water partition coefficient (Wildman–Crippen LogP) is 4.53. The average Bonchev–Trinajstić information content (AvgIpc) is 3.14. The first-order valence-electron chi connectivity index (χ1n) is 8.63. The molecule has 0 unspecified atom stereocenters. The summed E-state index contributed by atoms with van der Waals surface area (Å²) in [7, 11) is 1.54. The average molecular weight is 424 g/mol. The Bertz CT molecular complexity index is 1020. The summed E-state index contributed by atoms with van der Waals surface area (Å²) in [6.45, 7) is 0.203. The first-order valence-corrected chi connectivity index (χ1v) is 9.01. The van der Waals surface area contributed by atoms with E-state index >= 15 is 0 Å². The van der Waals surface area contributed by atoms with E-state index < -0.39 is 17.8 Å². The van der Waals surface area contributed by atoms with Crippen molar-refractivity contribution in [2.24, 2.45) is 0 Å². The van der Waals surface area contributed by atoms with Crippen molar-refractivity contribution in [2.45, 2.75) is 12.6 Å². The molecule has 0 aliphatic rings. The molecule has 29 heavy (non-hydrogen) atoms. The number of halogens is 4. The lowest BCUT2D eigenvalue weighted by atomic mass is 10.1. The van der Waals surface area contributed by atoms with E-state index in [4.69, 9.17) is 16.3 Å². The predicted molar refractivity (Wildman–Crippen MR) is 103 cm³/mol. The summed E-state index contributed by atoms with van der Waals surface area (Å²) < 4.78 is 45.6. The van der Waals surface area contributed by atoms with Crippen molar-refractivity contribution in [3.05, 3.63) is 76.6 Å². The lowest BCUT2D eigenvalue weighted by Gasteiger charge is -2.11. The highest BCUT2D eigenvalue weighted by Gasteiger charge is 2.36. The van der Waals surface area contributed by atoms with Gasteiger partial charge in [-0.2, -0.15) is 18.3 Å². The van der Waals surface area contributed by atoms with Crippen LogP contribution in [0.2, 0.25) is 5.02 Å². The molecule has 5 nitrogen and oxygen atoms in total. The van der Waals surface area contributed by atoms with Crippen molar-refractivity contribution >= 4 is 17.5 Å². The van der Waals surface area contributed by atoms with Crippen molar-refractivity contribution in [3.8, 4) is 11.4 Å². The summed E-state index contributed by atoms with van der Waals surface area (Å²) in [5, 5.41) is 6.35. The van der Waals surface area contributed by atoms with Crippen LogP contribution >= 0.6 is 11.6 Å². The number of alkyl halides is 3. The van der Waals surface area contributed by atoms with E-state index in [0.29, 0.717) is 18.2 Å². The zero-order chi connectivity index (χ0) is 21.0. The summed E-state index contributed by atoms with van der Waals surface area (Å²) in [5.74, 6) is -0.0231. The van der Waals surface area contributed by atoms with Crippen LogP contribution < -0.4 is 10.1 Å². The summed E-state index contributed by atoms with van der Waals surface area (Å²) in [4.78, 5) is 12.6. The molecule has 0 aliphatic carbocycles. The van der Waals surface area contributed by atoms with Gasteiger partial charge in [0.2, 0.25) is 0 Å². The molecule has 0 fully saturated rings. The fourth-order valence-corrected chi connectivity index (χ4v) is 3.02. The molecule has 9 heteroatoms. The minimum Gasteiger partial charge on any atom is -0.496 e. The zero-order valence-corrected chi connectivity index (χ0v) is 16.1. The molecule has 0 radical (unpaired) electrons. The summed E-state index contributed by atoms with van der Waals surface area (Å²) in [6.07, 6.45) is -4.25. The van der Waals surface area contributed by atoms with Crippen LogP contribution in [-0.2, 0) is 12.6 Å². The smallest absolute Gasteiger partial charge is 0.435 e. The Balaban J connectivity index is 1.84. The number of carbonyl (C=O) groups excluding carboxylic acids is 1. The van der Waals surface area contributed by atoms with E-state index in [1.54, 1.807) is 18.2 Å². The van der Waals surface area contributed by atoms with Gasteiger partial charge in [0.05, 0.1) is 17.8 Å². The number of amides is 1. The third kappa shape index (κ3) is 4.71. The monoisotopic (exact) mass is 423 g/mol. The molecule has 1 aromatic heterocycles. The Labute approximate surface area is 170 Å². The van der Waals surface area contributed by atoms with Crippen LogP contribution in [-0.4, -0.2) is 29.3 Å². The second-order valence-electron chi connectivity index (χ2n) is 6.09. The maximum absolute atomic E-state index is 13.2. The number of para-hydroxylation sites is 2. The fraction of sp³-hybridized carbons (Fsp3) is 0.200. The van der Waals surface area contributed by atoms with Crippen LogP contribution in [0, 0.1) is 0 Å². The number of benzene rings is 2. The van der Waals surface area contributed by atoms with Crippen molar-refractivity contribution in [2.75, 3.05) is 13.7 Å². The number of methoxy groups -OCH3 is 1. The molecule has 1 heterocycles. The largest absolute Gasteiger partial charge is 0.496 e. The number of nitrogens with zero attached hydrogens (tertiary/aromatic N) is 2. The lowest BCUT2D eigenvalue weighted by molar-refractivity contribution is -0.141. The lowest BCUT2D eigenvalue weighted by Crippen LogP contribution is -2.28. The van der Waals surface area contributed by atoms with Gasteiger partial charge < -0.3 is 10.1 Å². The van der Waals surface area contributed by atoms with Gasteiger partial charge in [-0.15, -0.1) is 0 Å². The van der Waals surface area contributed by atoms with Crippen molar-refractivity contribution < 1.29 is 22.7 Å². The first kappa shape index (κ1) is 20.7. The number of nitrogens with one attached hydrogen (secondary N) is 1. The normalized spacial score (nSPS) is 11.3. The zero-order valence-electron chi connectivity index (χ0n) is 15.3. The first-order chi connectivity index (χ1) is 13.8. The number of hydrogen-bond acceptors (Lipinski definition) is 3. The van der Waals surface area contributed by atoms with Gasteiger partial charge in [-0.3, -0.25) is 4.79 Å². The number of aromatic nitrogens is 2. The van der Waals surface area contributed by atoms with Gasteiger partial charge in [0.25, 0.3) is 5.91 Å². The maximum atomic E-state index is 13.2. The molecule has 0 saturated carbocycles. The standard InChI is InChI=1S/C20H17ClF3N3O2/c1-29-17-9-5-2-6-13(17)10-11-25-19(28)16-12-18(20(22,23)24)26-27(16)15-8-4-3-7-14(15)21/h2-9,12H,10-11H2,1H3,(H,25,28). The Morgan fingerprint density at radius 1 is 1.17 bits per heavy atom. The minimum absolute atomic E-state index is 0.174. The highest BCUT2D eigenvalue weighted by atomic mass is 35.5. The summed E-state index contributed by atoms with van der Waals surface area (Å²) >= 11 is 6.09. The number of rotatable bonds is 6. The molecular formula is C20H17ClF3N3O2. The van der Waals surface area contributed by atoms with Gasteiger partial charge in [-0.05, 0) is 30.2 Å². The fourth-order valence-electron chi connectivity index (χ4n) is 2.80. The molecule has 0 aliphatic heterocycles. The van der Waals surface area contributed by atoms with E-state index in [1.807, 2.05) is 18.2 Å². The number of hydrogen-bond donors (Lipinski definition) is 1. The van der Waals surface area contributed by atoms with E-state index in [-0.39, 0.29) is 22.9 Å². The van der Waals surface area contributed by atoms with Gasteiger partial charge >= 0.3 is 6.18 Å². The van der Waals surface area contributed by atoms with Gasteiger partial charge in [-0.1, -0.05) is 41.9 Å². The molecular weight excluding hydrogens is 407 g/mol. The highest BCUT2D eigenvalue weighted by molar-refractivity contribution is 6.32. The SMILES string of the molecule is COc1ccccc1CCNC(=O)c1cc(C(F)(F)F)nn1-c1ccccc1Cl. The highest BCUT2D eigenvalue weighted by Crippen LogP contribution is 2.31. The number of carbonyl (C=O) groups is 1. The Morgan fingerprint density at radius 3 is 2.55 bits per heavy atom. The Kier molecular flexibility index (Phi) is 6.12. The molecule has 0 bridgehead atoms. The third-order valence-electron chi connectivity index (χ3n) is 4.19. The maximum Gasteiger partial charge on any atom is 0.435 e. The topological polar surface area (TPSA) is 56.1 Å². The van der Waals surface area contributed by atoms with Crippen LogP contribution in [0.15, 0.2) is 54.6 Å². The van der Waals surface area contributed by atoms with Crippen LogP contribution in [0.4, 0.5) is 13.2 Å². The molecule has 0 spiro atoms. The summed E-state index contributed by atoms with van der Waals surface area (Å²) in [5.41, 5.74) is -0.386. The van der Waals surface area contributed by atoms with Gasteiger partial charge in [0, 0.05) is 12.6 Å². The molecule has 0 atom stereocenters. The van der Waals surface area contributed by atoms with Crippen molar-refractivity contribution in [3.63, 3.8) is 0 Å². The Morgan fingerprint density at radius 2 is 1.86 bits per heavy atom. The molecule has 152 valence electrons. The van der Waals surface area contributed by atoms with Crippen LogP contribution in [0.1, 0.15) is 21.7 Å². The Hall–Kier alpha value is -3.00. The second-order valence-corrected chi connectivity index (χ2v) is 6.50. The van der Waals surface area contributed by atoms with Gasteiger partial charge in [0.1, 0.15) is 11.4 Å². The molecule has 2 aromatic carbocycles. The molecule has 0 saturated heterocycles. The van der Waals surface area contributed by atoms with Crippen LogP contribution in [0.3, 0.4) is 0 Å². The van der Waals surface area contributed by atoms with E-state index in [2.05, 4.69) is 10.4 Å². The summed E-state index contributed by atoms with van der Waals surface area (Å²) in [6, 6.07) is 14.2. The molecule has 1 N–H and O–H groups in total. The molecule has 1 amide bonds. The van der Waals surface area contributed by atoms with Gasteiger partial charge in [0.15, 0.2) is 5.69 Å². The van der Waals surface area contributed by atoms with Crippen LogP contribution in [0.25, 0.3) is 5.69 Å². The van der Waals surface area contributed by atoms with Crippen molar-refractivity contribution in [1.82, 2.24) is 15.1 Å². The quantitative estimate of drug-likeness (QED) is 0.634.